The number of nitrogens with two attached hydrogens (primary N) is 1. The minimum absolute atomic E-state index is 0.242. The fourth-order valence-corrected chi connectivity index (χ4v) is 1.93. The molecule has 1 heterocycles. The number of carbonyl (C=O) groups excluding carboxylic acids is 1. The standard InChI is InChI=1S/C13H18N2O4/c1-17-10-4-3-9(7-11(10)18-2)15-12(16)13(14)5-6-19-8-13/h3-4,7H,5-6,8,14H2,1-2H3,(H,15,16). The molecule has 0 bridgehead atoms. The first-order valence-electron chi connectivity index (χ1n) is 5.99. The molecule has 2 rings (SSSR count). The molecule has 0 saturated carbocycles. The number of rotatable bonds is 4. The van der Waals surface area contributed by atoms with Crippen LogP contribution in [0.15, 0.2) is 18.2 Å². The number of nitrogens with one attached hydrogen (secondary N) is 1. The maximum atomic E-state index is 12.1. The van der Waals surface area contributed by atoms with Crippen LogP contribution in [-0.2, 0) is 9.53 Å². The van der Waals surface area contributed by atoms with Crippen molar-refractivity contribution in [1.82, 2.24) is 0 Å². The Hall–Kier alpha value is -1.79. The van der Waals surface area contributed by atoms with Gasteiger partial charge in [-0.3, -0.25) is 4.79 Å². The highest BCUT2D eigenvalue weighted by Crippen LogP contribution is 2.30. The molecule has 1 amide bonds. The minimum atomic E-state index is -0.951. The number of methoxy groups -OCH3 is 2. The summed E-state index contributed by atoms with van der Waals surface area (Å²) in [6, 6.07) is 5.15. The zero-order valence-corrected chi connectivity index (χ0v) is 11.1. The quantitative estimate of drug-likeness (QED) is 0.840. The number of benzene rings is 1. The van der Waals surface area contributed by atoms with Gasteiger partial charge in [0.1, 0.15) is 5.54 Å². The van der Waals surface area contributed by atoms with E-state index in [1.54, 1.807) is 32.4 Å². The Morgan fingerprint density at radius 2 is 2.11 bits per heavy atom. The zero-order valence-electron chi connectivity index (χ0n) is 11.1. The summed E-state index contributed by atoms with van der Waals surface area (Å²) in [4.78, 5) is 12.1. The van der Waals surface area contributed by atoms with Crippen LogP contribution in [-0.4, -0.2) is 38.9 Å². The summed E-state index contributed by atoms with van der Waals surface area (Å²) in [5, 5.41) is 2.77. The lowest BCUT2D eigenvalue weighted by Crippen LogP contribution is -2.51. The first kappa shape index (κ1) is 13.6. The second kappa shape index (κ2) is 5.46. The number of anilines is 1. The van der Waals surface area contributed by atoms with Gasteiger partial charge >= 0.3 is 0 Å². The predicted molar refractivity (Wildman–Crippen MR) is 70.5 cm³/mol. The summed E-state index contributed by atoms with van der Waals surface area (Å²) in [6.07, 6.45) is 0.520. The van der Waals surface area contributed by atoms with Gasteiger partial charge in [0.15, 0.2) is 11.5 Å². The van der Waals surface area contributed by atoms with E-state index in [-0.39, 0.29) is 12.5 Å². The molecule has 6 heteroatoms. The topological polar surface area (TPSA) is 82.8 Å². The third-order valence-corrected chi connectivity index (χ3v) is 3.15. The van der Waals surface area contributed by atoms with E-state index in [9.17, 15) is 4.79 Å². The Bertz CT molecular complexity index is 470. The van der Waals surface area contributed by atoms with E-state index >= 15 is 0 Å². The number of hydrogen-bond donors (Lipinski definition) is 2. The highest BCUT2D eigenvalue weighted by Gasteiger charge is 2.38. The third-order valence-electron chi connectivity index (χ3n) is 3.15. The maximum Gasteiger partial charge on any atom is 0.246 e. The van der Waals surface area contributed by atoms with Crippen molar-refractivity contribution in [3.8, 4) is 11.5 Å². The van der Waals surface area contributed by atoms with Gasteiger partial charge in [-0.15, -0.1) is 0 Å². The molecule has 1 aliphatic rings. The number of carbonyl (C=O) groups is 1. The summed E-state index contributed by atoms with van der Waals surface area (Å²) in [7, 11) is 3.10. The van der Waals surface area contributed by atoms with Gasteiger partial charge in [0.2, 0.25) is 5.91 Å². The Morgan fingerprint density at radius 3 is 2.68 bits per heavy atom. The first-order chi connectivity index (χ1) is 9.09. The molecule has 0 radical (unpaired) electrons. The molecule has 1 aliphatic heterocycles. The van der Waals surface area contributed by atoms with Crippen LogP contribution in [0.3, 0.4) is 0 Å². The summed E-state index contributed by atoms with van der Waals surface area (Å²) < 4.78 is 15.5. The second-order valence-corrected chi connectivity index (χ2v) is 4.48. The SMILES string of the molecule is COc1ccc(NC(=O)C2(N)CCOC2)cc1OC. The van der Waals surface area contributed by atoms with Crippen molar-refractivity contribution in [1.29, 1.82) is 0 Å². The van der Waals surface area contributed by atoms with Gasteiger partial charge < -0.3 is 25.3 Å². The van der Waals surface area contributed by atoms with Gasteiger partial charge in [-0.1, -0.05) is 0 Å². The van der Waals surface area contributed by atoms with Crippen LogP contribution in [0, 0.1) is 0 Å². The minimum Gasteiger partial charge on any atom is -0.493 e. The molecule has 1 saturated heterocycles. The molecule has 6 nitrogen and oxygen atoms in total. The average molecular weight is 266 g/mol. The largest absolute Gasteiger partial charge is 0.493 e. The van der Waals surface area contributed by atoms with Crippen LogP contribution < -0.4 is 20.5 Å². The van der Waals surface area contributed by atoms with Crippen molar-refractivity contribution in [3.63, 3.8) is 0 Å². The smallest absolute Gasteiger partial charge is 0.246 e. The number of ether oxygens (including phenoxy) is 3. The third kappa shape index (κ3) is 2.80. The van der Waals surface area contributed by atoms with Crippen LogP contribution in [0.4, 0.5) is 5.69 Å². The van der Waals surface area contributed by atoms with Crippen LogP contribution in [0.2, 0.25) is 0 Å². The highest BCUT2D eigenvalue weighted by molar-refractivity contribution is 5.98. The summed E-state index contributed by atoms with van der Waals surface area (Å²) >= 11 is 0. The molecule has 1 atom stereocenters. The normalized spacial score (nSPS) is 22.1. The molecular formula is C13H18N2O4. The lowest BCUT2D eigenvalue weighted by atomic mass is 9.99. The van der Waals surface area contributed by atoms with Gasteiger partial charge in [0.05, 0.1) is 20.8 Å². The lowest BCUT2D eigenvalue weighted by Gasteiger charge is -2.21. The summed E-state index contributed by atoms with van der Waals surface area (Å²) in [5.41, 5.74) is 5.64. The Morgan fingerprint density at radius 1 is 1.37 bits per heavy atom. The van der Waals surface area contributed by atoms with E-state index < -0.39 is 5.54 Å². The van der Waals surface area contributed by atoms with Gasteiger partial charge in [0.25, 0.3) is 0 Å². The van der Waals surface area contributed by atoms with E-state index in [1.807, 2.05) is 0 Å². The molecule has 0 spiro atoms. The Kier molecular flexibility index (Phi) is 3.92. The van der Waals surface area contributed by atoms with Crippen molar-refractivity contribution in [2.45, 2.75) is 12.0 Å². The van der Waals surface area contributed by atoms with Crippen molar-refractivity contribution < 1.29 is 19.0 Å². The molecule has 0 aromatic heterocycles. The fourth-order valence-electron chi connectivity index (χ4n) is 1.93. The molecule has 1 aromatic carbocycles. The van der Waals surface area contributed by atoms with E-state index in [1.165, 1.54) is 0 Å². The zero-order chi connectivity index (χ0) is 13.9. The molecule has 1 fully saturated rings. The lowest BCUT2D eigenvalue weighted by molar-refractivity contribution is -0.121. The molecule has 104 valence electrons. The van der Waals surface area contributed by atoms with E-state index in [0.29, 0.717) is 30.2 Å². The van der Waals surface area contributed by atoms with E-state index in [4.69, 9.17) is 19.9 Å². The number of hydrogen-bond acceptors (Lipinski definition) is 5. The molecule has 3 N–H and O–H groups in total. The fraction of sp³-hybridized carbons (Fsp3) is 0.462. The molecular weight excluding hydrogens is 248 g/mol. The van der Waals surface area contributed by atoms with Gasteiger partial charge in [-0.05, 0) is 18.6 Å². The van der Waals surface area contributed by atoms with Gasteiger partial charge in [0, 0.05) is 18.4 Å². The van der Waals surface area contributed by atoms with Crippen LogP contribution in [0.25, 0.3) is 0 Å². The molecule has 0 aliphatic carbocycles. The van der Waals surface area contributed by atoms with Crippen molar-refractivity contribution in [2.24, 2.45) is 5.73 Å². The number of amides is 1. The first-order valence-corrected chi connectivity index (χ1v) is 5.99. The van der Waals surface area contributed by atoms with Crippen LogP contribution >= 0.6 is 0 Å². The van der Waals surface area contributed by atoms with Crippen molar-refractivity contribution in [2.75, 3.05) is 32.8 Å². The summed E-state index contributed by atoms with van der Waals surface area (Å²) in [6.45, 7) is 0.752. The van der Waals surface area contributed by atoms with Crippen molar-refractivity contribution in [3.05, 3.63) is 18.2 Å². The van der Waals surface area contributed by atoms with Crippen molar-refractivity contribution >= 4 is 11.6 Å². The highest BCUT2D eigenvalue weighted by atomic mass is 16.5. The Labute approximate surface area is 111 Å². The van der Waals surface area contributed by atoms with Gasteiger partial charge in [-0.2, -0.15) is 0 Å². The Balaban J connectivity index is 2.13. The van der Waals surface area contributed by atoms with Gasteiger partial charge in [-0.25, -0.2) is 0 Å². The molecule has 1 aromatic rings. The summed E-state index contributed by atoms with van der Waals surface area (Å²) in [5.74, 6) is 0.901. The monoisotopic (exact) mass is 266 g/mol. The van der Waals surface area contributed by atoms with E-state index in [2.05, 4.69) is 5.32 Å². The maximum absolute atomic E-state index is 12.1. The average Bonchev–Trinajstić information content (AvgIpc) is 2.87. The van der Waals surface area contributed by atoms with E-state index in [0.717, 1.165) is 0 Å². The second-order valence-electron chi connectivity index (χ2n) is 4.48. The van der Waals surface area contributed by atoms with Crippen LogP contribution in [0.5, 0.6) is 11.5 Å². The predicted octanol–water partition coefficient (Wildman–Crippen LogP) is 0.760. The molecule has 19 heavy (non-hydrogen) atoms. The van der Waals surface area contributed by atoms with Crippen LogP contribution in [0.1, 0.15) is 6.42 Å². The molecule has 1 unspecified atom stereocenters.